The zero-order valence-corrected chi connectivity index (χ0v) is 8.08. The lowest BCUT2D eigenvalue weighted by molar-refractivity contribution is -0.149. The van der Waals surface area contributed by atoms with Crippen molar-refractivity contribution in [1.82, 2.24) is 4.98 Å². The number of H-pyrrole nitrogens is 1. The van der Waals surface area contributed by atoms with Crippen LogP contribution in [0.15, 0.2) is 18.3 Å². The summed E-state index contributed by atoms with van der Waals surface area (Å²) in [5, 5.41) is 0. The van der Waals surface area contributed by atoms with E-state index in [-0.39, 0.29) is 11.4 Å². The van der Waals surface area contributed by atoms with E-state index in [1.165, 1.54) is 7.11 Å². The first kappa shape index (κ1) is 9.27. The van der Waals surface area contributed by atoms with Crippen LogP contribution in [0, 0.1) is 0 Å². The SMILES string of the molecule is COC(=O)CC1(c2ccc[nH]2)COC1. The van der Waals surface area contributed by atoms with E-state index in [1.54, 1.807) is 0 Å². The van der Waals surface area contributed by atoms with Gasteiger partial charge in [0, 0.05) is 11.9 Å². The number of ether oxygens (including phenoxy) is 2. The third-order valence-electron chi connectivity index (χ3n) is 2.64. The molecule has 0 bridgehead atoms. The third kappa shape index (κ3) is 1.42. The molecular weight excluding hydrogens is 182 g/mol. The molecular formula is C10H13NO3. The summed E-state index contributed by atoms with van der Waals surface area (Å²) in [7, 11) is 1.41. The molecule has 1 aromatic heterocycles. The Balaban J connectivity index is 2.14. The monoisotopic (exact) mass is 195 g/mol. The second kappa shape index (κ2) is 3.46. The van der Waals surface area contributed by atoms with Crippen LogP contribution < -0.4 is 0 Å². The highest BCUT2D eigenvalue weighted by molar-refractivity contribution is 5.71. The Morgan fingerprint density at radius 1 is 1.71 bits per heavy atom. The van der Waals surface area contributed by atoms with E-state index in [0.717, 1.165) is 5.69 Å². The summed E-state index contributed by atoms with van der Waals surface area (Å²) in [5.74, 6) is -0.192. The van der Waals surface area contributed by atoms with Crippen molar-refractivity contribution in [3.8, 4) is 0 Å². The minimum Gasteiger partial charge on any atom is -0.469 e. The maximum absolute atomic E-state index is 11.2. The summed E-state index contributed by atoms with van der Waals surface area (Å²) in [5.41, 5.74) is 0.866. The molecule has 0 aromatic carbocycles. The number of esters is 1. The number of carbonyl (C=O) groups is 1. The molecule has 1 saturated heterocycles. The van der Waals surface area contributed by atoms with E-state index in [9.17, 15) is 4.79 Å². The van der Waals surface area contributed by atoms with Crippen LogP contribution in [0.4, 0.5) is 0 Å². The van der Waals surface area contributed by atoms with E-state index >= 15 is 0 Å². The highest BCUT2D eigenvalue weighted by Crippen LogP contribution is 2.34. The largest absolute Gasteiger partial charge is 0.469 e. The Kier molecular flexibility index (Phi) is 2.29. The molecule has 0 spiro atoms. The van der Waals surface area contributed by atoms with Crippen molar-refractivity contribution in [2.24, 2.45) is 0 Å². The van der Waals surface area contributed by atoms with Gasteiger partial charge in [-0.3, -0.25) is 4.79 Å². The number of rotatable bonds is 3. The van der Waals surface area contributed by atoms with Crippen molar-refractivity contribution in [3.63, 3.8) is 0 Å². The van der Waals surface area contributed by atoms with Crippen LogP contribution in [0.3, 0.4) is 0 Å². The number of nitrogens with one attached hydrogen (secondary N) is 1. The zero-order chi connectivity index (χ0) is 10.0. The van der Waals surface area contributed by atoms with Crippen molar-refractivity contribution >= 4 is 5.97 Å². The van der Waals surface area contributed by atoms with E-state index in [1.807, 2.05) is 18.3 Å². The molecule has 1 aliphatic rings. The number of aromatic nitrogens is 1. The molecule has 1 N–H and O–H groups in total. The maximum atomic E-state index is 11.2. The van der Waals surface area contributed by atoms with Crippen molar-refractivity contribution in [1.29, 1.82) is 0 Å². The molecule has 1 aliphatic heterocycles. The number of hydrogen-bond donors (Lipinski definition) is 1. The Bertz CT molecular complexity index is 314. The first-order chi connectivity index (χ1) is 6.77. The summed E-state index contributed by atoms with van der Waals surface area (Å²) < 4.78 is 9.85. The second-order valence-electron chi connectivity index (χ2n) is 3.61. The van der Waals surface area contributed by atoms with Crippen LogP contribution in [-0.4, -0.2) is 31.3 Å². The summed E-state index contributed by atoms with van der Waals surface area (Å²) in [6.45, 7) is 1.17. The van der Waals surface area contributed by atoms with Crippen LogP contribution in [-0.2, 0) is 19.7 Å². The summed E-state index contributed by atoms with van der Waals surface area (Å²) >= 11 is 0. The second-order valence-corrected chi connectivity index (χ2v) is 3.61. The quantitative estimate of drug-likeness (QED) is 0.727. The van der Waals surface area contributed by atoms with Gasteiger partial charge in [-0.2, -0.15) is 0 Å². The summed E-state index contributed by atoms with van der Waals surface area (Å²) in [4.78, 5) is 14.3. The average molecular weight is 195 g/mol. The lowest BCUT2D eigenvalue weighted by Crippen LogP contribution is -2.48. The van der Waals surface area contributed by atoms with Gasteiger partial charge >= 0.3 is 5.97 Å². The molecule has 0 radical (unpaired) electrons. The molecule has 0 unspecified atom stereocenters. The summed E-state index contributed by atoms with van der Waals surface area (Å²) in [6.07, 6.45) is 2.23. The highest BCUT2D eigenvalue weighted by Gasteiger charge is 2.43. The van der Waals surface area contributed by atoms with Crippen molar-refractivity contribution in [3.05, 3.63) is 24.0 Å². The molecule has 76 valence electrons. The van der Waals surface area contributed by atoms with Crippen LogP contribution in [0.25, 0.3) is 0 Å². The van der Waals surface area contributed by atoms with Gasteiger partial charge in [0.15, 0.2) is 0 Å². The van der Waals surface area contributed by atoms with Gasteiger partial charge in [0.2, 0.25) is 0 Å². The topological polar surface area (TPSA) is 51.3 Å². The van der Waals surface area contributed by atoms with E-state index in [2.05, 4.69) is 9.72 Å². The van der Waals surface area contributed by atoms with Crippen LogP contribution in [0.5, 0.6) is 0 Å². The van der Waals surface area contributed by atoms with Crippen molar-refractivity contribution in [2.45, 2.75) is 11.8 Å². The fraction of sp³-hybridized carbons (Fsp3) is 0.500. The Morgan fingerprint density at radius 3 is 2.93 bits per heavy atom. The first-order valence-corrected chi connectivity index (χ1v) is 4.55. The Morgan fingerprint density at radius 2 is 2.50 bits per heavy atom. The van der Waals surface area contributed by atoms with Crippen molar-refractivity contribution < 1.29 is 14.3 Å². The fourth-order valence-corrected chi connectivity index (χ4v) is 1.71. The molecule has 4 nitrogen and oxygen atoms in total. The molecule has 1 aromatic rings. The van der Waals surface area contributed by atoms with E-state index in [4.69, 9.17) is 4.74 Å². The third-order valence-corrected chi connectivity index (χ3v) is 2.64. The normalized spacial score (nSPS) is 18.6. The highest BCUT2D eigenvalue weighted by atomic mass is 16.5. The minimum atomic E-state index is -0.192. The number of carbonyl (C=O) groups excluding carboxylic acids is 1. The molecule has 0 saturated carbocycles. The van der Waals surface area contributed by atoms with Crippen LogP contribution >= 0.6 is 0 Å². The van der Waals surface area contributed by atoms with Crippen LogP contribution in [0.1, 0.15) is 12.1 Å². The number of methoxy groups -OCH3 is 1. The smallest absolute Gasteiger partial charge is 0.306 e. The lowest BCUT2D eigenvalue weighted by Gasteiger charge is -2.39. The molecule has 1 fully saturated rings. The molecule has 2 heterocycles. The molecule has 14 heavy (non-hydrogen) atoms. The standard InChI is InChI=1S/C10H13NO3/c1-13-9(12)5-10(6-14-7-10)8-3-2-4-11-8/h2-4,11H,5-7H2,1H3. The molecule has 4 heteroatoms. The van der Waals surface area contributed by atoms with Gasteiger partial charge in [0.25, 0.3) is 0 Å². The number of aromatic amines is 1. The fourth-order valence-electron chi connectivity index (χ4n) is 1.71. The van der Waals surface area contributed by atoms with E-state index < -0.39 is 0 Å². The predicted octanol–water partition coefficient (Wildman–Crippen LogP) is 0.846. The van der Waals surface area contributed by atoms with Crippen LogP contribution in [0.2, 0.25) is 0 Å². The first-order valence-electron chi connectivity index (χ1n) is 4.55. The lowest BCUT2D eigenvalue weighted by atomic mass is 9.79. The van der Waals surface area contributed by atoms with E-state index in [0.29, 0.717) is 19.6 Å². The maximum Gasteiger partial charge on any atom is 0.306 e. The molecule has 0 amide bonds. The molecule has 2 rings (SSSR count). The van der Waals surface area contributed by atoms with Gasteiger partial charge in [0.05, 0.1) is 32.2 Å². The van der Waals surface area contributed by atoms with Gasteiger partial charge in [0.1, 0.15) is 0 Å². The zero-order valence-electron chi connectivity index (χ0n) is 8.08. The molecule has 0 atom stereocenters. The average Bonchev–Trinajstić information content (AvgIpc) is 2.63. The van der Waals surface area contributed by atoms with Gasteiger partial charge in [-0.25, -0.2) is 0 Å². The minimum absolute atomic E-state index is 0.184. The van der Waals surface area contributed by atoms with Gasteiger partial charge in [-0.1, -0.05) is 0 Å². The number of hydrogen-bond acceptors (Lipinski definition) is 3. The predicted molar refractivity (Wildman–Crippen MR) is 49.9 cm³/mol. The van der Waals surface area contributed by atoms with Gasteiger partial charge in [-0.05, 0) is 12.1 Å². The molecule has 0 aliphatic carbocycles. The Labute approximate surface area is 82.2 Å². The van der Waals surface area contributed by atoms with Crippen molar-refractivity contribution in [2.75, 3.05) is 20.3 Å². The van der Waals surface area contributed by atoms with Gasteiger partial charge in [-0.15, -0.1) is 0 Å². The Hall–Kier alpha value is -1.29. The summed E-state index contributed by atoms with van der Waals surface area (Å²) in [6, 6.07) is 3.90. The van der Waals surface area contributed by atoms with Gasteiger partial charge < -0.3 is 14.5 Å².